The van der Waals surface area contributed by atoms with Crippen LogP contribution in [0.1, 0.15) is 37.8 Å². The van der Waals surface area contributed by atoms with Crippen LogP contribution in [0.5, 0.6) is 5.75 Å². The quantitative estimate of drug-likeness (QED) is 0.582. The third-order valence-corrected chi connectivity index (χ3v) is 7.60. The zero-order valence-corrected chi connectivity index (χ0v) is 20.3. The molecule has 1 N–H and O–H groups in total. The maximum absolute atomic E-state index is 12.7. The van der Waals surface area contributed by atoms with Crippen molar-refractivity contribution in [3.8, 4) is 5.75 Å². The fraction of sp³-hybridized carbons (Fsp3) is 0.435. The van der Waals surface area contributed by atoms with Gasteiger partial charge in [0.1, 0.15) is 5.75 Å². The molecule has 1 saturated heterocycles. The third kappa shape index (κ3) is 7.05. The number of nitrogens with one attached hydrogen (secondary N) is 1. The predicted molar refractivity (Wildman–Crippen MR) is 125 cm³/mol. The summed E-state index contributed by atoms with van der Waals surface area (Å²) in [6.07, 6.45) is 1.15. The molecule has 168 valence electrons. The maximum Gasteiger partial charge on any atom is 0.223 e. The Morgan fingerprint density at radius 3 is 2.45 bits per heavy atom. The van der Waals surface area contributed by atoms with Crippen LogP contribution in [-0.2, 0) is 27.1 Å². The van der Waals surface area contributed by atoms with Crippen molar-refractivity contribution in [2.75, 3.05) is 13.1 Å². The van der Waals surface area contributed by atoms with Gasteiger partial charge in [-0.15, -0.1) is 0 Å². The van der Waals surface area contributed by atoms with Gasteiger partial charge in [-0.3, -0.25) is 4.79 Å². The molecular weight excluding hydrogens is 480 g/mol. The number of hydrogen-bond donors (Lipinski definition) is 1. The Hall–Kier alpha value is -1.90. The van der Waals surface area contributed by atoms with Gasteiger partial charge in [-0.25, -0.2) is 12.7 Å². The van der Waals surface area contributed by atoms with Gasteiger partial charge in [-0.05, 0) is 62.1 Å². The summed E-state index contributed by atoms with van der Waals surface area (Å²) in [7, 11) is -3.40. The summed E-state index contributed by atoms with van der Waals surface area (Å²) < 4.78 is 33.6. The minimum absolute atomic E-state index is 0.0219. The number of halogens is 1. The molecule has 0 unspecified atom stereocenters. The van der Waals surface area contributed by atoms with Crippen LogP contribution in [0.15, 0.2) is 53.0 Å². The number of carbonyl (C=O) groups is 1. The van der Waals surface area contributed by atoms with E-state index < -0.39 is 10.0 Å². The number of piperidine rings is 1. The molecule has 2 aromatic rings. The van der Waals surface area contributed by atoms with Crippen molar-refractivity contribution >= 4 is 31.9 Å². The largest absolute Gasteiger partial charge is 0.491 e. The number of rotatable bonds is 8. The molecule has 0 saturated carbocycles. The summed E-state index contributed by atoms with van der Waals surface area (Å²) in [5.41, 5.74) is 1.73. The lowest BCUT2D eigenvalue weighted by Crippen LogP contribution is -2.43. The molecule has 31 heavy (non-hydrogen) atoms. The molecule has 0 atom stereocenters. The highest BCUT2D eigenvalue weighted by Gasteiger charge is 2.31. The zero-order chi connectivity index (χ0) is 22.4. The summed E-state index contributed by atoms with van der Waals surface area (Å²) in [5.74, 6) is 0.562. The van der Waals surface area contributed by atoms with Crippen LogP contribution in [-0.4, -0.2) is 37.8 Å². The lowest BCUT2D eigenvalue weighted by Gasteiger charge is -2.30. The van der Waals surface area contributed by atoms with Gasteiger partial charge in [-0.1, -0.05) is 40.2 Å². The van der Waals surface area contributed by atoms with E-state index in [1.165, 1.54) is 4.31 Å². The van der Waals surface area contributed by atoms with Crippen molar-refractivity contribution in [1.29, 1.82) is 0 Å². The van der Waals surface area contributed by atoms with Crippen LogP contribution < -0.4 is 10.1 Å². The Kier molecular flexibility index (Phi) is 8.13. The fourth-order valence-corrected chi connectivity index (χ4v) is 5.44. The summed E-state index contributed by atoms with van der Waals surface area (Å²) in [6.45, 7) is 5.11. The second-order valence-electron chi connectivity index (χ2n) is 8.09. The van der Waals surface area contributed by atoms with Crippen molar-refractivity contribution in [3.63, 3.8) is 0 Å². The van der Waals surface area contributed by atoms with E-state index in [2.05, 4.69) is 21.2 Å². The van der Waals surface area contributed by atoms with E-state index in [-0.39, 0.29) is 23.7 Å². The minimum atomic E-state index is -3.40. The highest BCUT2D eigenvalue weighted by molar-refractivity contribution is 9.10. The Labute approximate surface area is 193 Å². The van der Waals surface area contributed by atoms with Crippen molar-refractivity contribution in [3.05, 3.63) is 64.1 Å². The van der Waals surface area contributed by atoms with E-state index in [9.17, 15) is 13.2 Å². The molecule has 1 heterocycles. The molecule has 0 aromatic heterocycles. The van der Waals surface area contributed by atoms with E-state index in [0.717, 1.165) is 21.3 Å². The first-order chi connectivity index (χ1) is 14.7. The van der Waals surface area contributed by atoms with E-state index in [1.807, 2.05) is 62.4 Å². The van der Waals surface area contributed by atoms with Crippen molar-refractivity contribution in [1.82, 2.24) is 9.62 Å². The van der Waals surface area contributed by atoms with E-state index in [1.54, 1.807) is 0 Å². The molecule has 1 fully saturated rings. The van der Waals surface area contributed by atoms with Crippen molar-refractivity contribution < 1.29 is 17.9 Å². The van der Waals surface area contributed by atoms with Crippen LogP contribution in [0.3, 0.4) is 0 Å². The van der Waals surface area contributed by atoms with Crippen LogP contribution in [0.4, 0.5) is 0 Å². The normalized spacial score (nSPS) is 15.7. The highest BCUT2D eigenvalue weighted by atomic mass is 79.9. The van der Waals surface area contributed by atoms with Gasteiger partial charge in [0.25, 0.3) is 0 Å². The maximum atomic E-state index is 12.7. The first-order valence-electron chi connectivity index (χ1n) is 10.5. The monoisotopic (exact) mass is 508 g/mol. The molecular formula is C23H29BrN2O4S. The van der Waals surface area contributed by atoms with Crippen LogP contribution in [0.2, 0.25) is 0 Å². The molecule has 0 aliphatic carbocycles. The predicted octanol–water partition coefficient (Wildman–Crippen LogP) is 4.09. The molecule has 2 aromatic carbocycles. The smallest absolute Gasteiger partial charge is 0.223 e. The molecule has 3 rings (SSSR count). The average Bonchev–Trinajstić information content (AvgIpc) is 2.73. The second kappa shape index (κ2) is 10.6. The molecule has 1 aliphatic heterocycles. The van der Waals surface area contributed by atoms with Gasteiger partial charge < -0.3 is 10.1 Å². The molecule has 1 aliphatic rings. The van der Waals surface area contributed by atoms with E-state index in [4.69, 9.17) is 4.74 Å². The van der Waals surface area contributed by atoms with Gasteiger partial charge in [0.2, 0.25) is 15.9 Å². The number of benzene rings is 2. The number of hydrogen-bond acceptors (Lipinski definition) is 4. The Morgan fingerprint density at radius 2 is 1.81 bits per heavy atom. The molecule has 6 nitrogen and oxygen atoms in total. The van der Waals surface area contributed by atoms with Gasteiger partial charge >= 0.3 is 0 Å². The Bertz CT molecular complexity index is 985. The highest BCUT2D eigenvalue weighted by Crippen LogP contribution is 2.23. The molecule has 1 amide bonds. The van der Waals surface area contributed by atoms with Gasteiger partial charge in [-0.2, -0.15) is 0 Å². The Morgan fingerprint density at radius 1 is 1.13 bits per heavy atom. The SMILES string of the molecule is CC(C)Oc1cccc(CNC(=O)C2CCN(S(=O)(=O)Cc3ccc(Br)cc3)CC2)c1. The molecule has 8 heteroatoms. The fourth-order valence-electron chi connectivity index (χ4n) is 3.61. The second-order valence-corrected chi connectivity index (χ2v) is 11.0. The lowest BCUT2D eigenvalue weighted by molar-refractivity contribution is -0.126. The number of carbonyl (C=O) groups excluding carboxylic acids is 1. The lowest BCUT2D eigenvalue weighted by atomic mass is 9.97. The zero-order valence-electron chi connectivity index (χ0n) is 17.9. The Balaban J connectivity index is 1.48. The van der Waals surface area contributed by atoms with Crippen molar-refractivity contribution in [2.45, 2.75) is 45.1 Å². The van der Waals surface area contributed by atoms with Crippen LogP contribution >= 0.6 is 15.9 Å². The molecule has 0 bridgehead atoms. The topological polar surface area (TPSA) is 75.7 Å². The number of amides is 1. The van der Waals surface area contributed by atoms with Gasteiger partial charge in [0, 0.05) is 30.0 Å². The summed E-state index contributed by atoms with van der Waals surface area (Å²) >= 11 is 3.36. The number of sulfonamides is 1. The molecule has 0 radical (unpaired) electrons. The first-order valence-corrected chi connectivity index (χ1v) is 12.9. The van der Waals surface area contributed by atoms with Gasteiger partial charge in [0.15, 0.2) is 0 Å². The number of nitrogens with zero attached hydrogens (tertiary/aromatic N) is 1. The van der Waals surface area contributed by atoms with E-state index in [0.29, 0.717) is 32.5 Å². The molecule has 0 spiro atoms. The van der Waals surface area contributed by atoms with Crippen LogP contribution in [0, 0.1) is 5.92 Å². The summed E-state index contributed by atoms with van der Waals surface area (Å²) in [5, 5.41) is 2.98. The van der Waals surface area contributed by atoms with Crippen molar-refractivity contribution in [2.24, 2.45) is 5.92 Å². The minimum Gasteiger partial charge on any atom is -0.491 e. The first kappa shape index (κ1) is 23.8. The third-order valence-electron chi connectivity index (χ3n) is 5.22. The van der Waals surface area contributed by atoms with E-state index >= 15 is 0 Å². The standard InChI is InChI=1S/C23H29BrN2O4S/c1-17(2)30-22-5-3-4-19(14-22)15-25-23(27)20-10-12-26(13-11-20)31(28,29)16-18-6-8-21(24)9-7-18/h3-9,14,17,20H,10-13,15-16H2,1-2H3,(H,25,27). The van der Waals surface area contributed by atoms with Crippen LogP contribution in [0.25, 0.3) is 0 Å². The summed E-state index contributed by atoms with van der Waals surface area (Å²) in [4.78, 5) is 12.6. The van der Waals surface area contributed by atoms with Gasteiger partial charge in [0.05, 0.1) is 11.9 Å². The average molecular weight is 509 g/mol. The number of ether oxygens (including phenoxy) is 1. The summed E-state index contributed by atoms with van der Waals surface area (Å²) in [6, 6.07) is 15.0.